The molecule has 0 aliphatic carbocycles. The fourth-order valence-electron chi connectivity index (χ4n) is 0.811. The Bertz CT molecular complexity index is 186. The monoisotopic (exact) mass is 153 g/mol. The summed E-state index contributed by atoms with van der Waals surface area (Å²) in [5.74, 6) is 0. The summed E-state index contributed by atoms with van der Waals surface area (Å²) in [4.78, 5) is 0. The molecule has 0 bridgehead atoms. The molecule has 0 aliphatic rings. The Kier molecular flexibility index (Phi) is 4.50. The van der Waals surface area contributed by atoms with Gasteiger partial charge in [-0.2, -0.15) is 0 Å². The molecule has 2 nitrogen and oxygen atoms in total. The van der Waals surface area contributed by atoms with Gasteiger partial charge in [0.05, 0.1) is 6.10 Å². The Morgan fingerprint density at radius 3 is 2.27 bits per heavy atom. The number of hydrogen-bond acceptors (Lipinski definition) is 2. The molecule has 3 N–H and O–H groups in total. The first-order valence-corrected chi connectivity index (χ1v) is 3.27. The topological polar surface area (TPSA) is 46.2 Å². The van der Waals surface area contributed by atoms with E-state index in [1.165, 1.54) is 0 Å². The van der Waals surface area contributed by atoms with Gasteiger partial charge in [-0.3, -0.25) is 0 Å². The summed E-state index contributed by atoms with van der Waals surface area (Å²) in [5, 5.41) is 9.20. The molecule has 0 saturated carbocycles. The van der Waals surface area contributed by atoms with Crippen LogP contribution in [0.25, 0.3) is 0 Å². The van der Waals surface area contributed by atoms with Gasteiger partial charge in [0.15, 0.2) is 0 Å². The zero-order chi connectivity index (χ0) is 7.40. The molecule has 0 unspecified atom stereocenters. The highest BCUT2D eigenvalue weighted by molar-refractivity contribution is 5.17. The summed E-state index contributed by atoms with van der Waals surface area (Å²) < 4.78 is 0. The van der Waals surface area contributed by atoms with Crippen molar-refractivity contribution in [1.82, 2.24) is 0 Å². The third-order valence-corrected chi connectivity index (χ3v) is 1.41. The lowest BCUT2D eigenvalue weighted by molar-refractivity contribution is 0.187. The van der Waals surface area contributed by atoms with Crippen molar-refractivity contribution in [3.63, 3.8) is 0 Å². The summed E-state index contributed by atoms with van der Waals surface area (Å²) >= 11 is 0. The molecule has 1 rings (SSSR count). The molecule has 62 valence electrons. The van der Waals surface area contributed by atoms with Crippen molar-refractivity contribution >= 4 is 0 Å². The summed E-state index contributed by atoms with van der Waals surface area (Å²) in [6.45, 7) is 0.282. The van der Waals surface area contributed by atoms with Gasteiger partial charge in [-0.15, -0.1) is 0 Å². The first-order valence-electron chi connectivity index (χ1n) is 3.27. The van der Waals surface area contributed by atoms with Crippen LogP contribution in [-0.4, -0.2) is 11.7 Å². The lowest BCUT2D eigenvalue weighted by Crippen LogP contribution is -2.10. The van der Waals surface area contributed by atoms with E-state index in [2.05, 4.69) is 0 Å². The van der Waals surface area contributed by atoms with Crippen molar-refractivity contribution in [2.24, 2.45) is 5.73 Å². The van der Waals surface area contributed by atoms with Gasteiger partial charge in [-0.25, -0.2) is 0 Å². The summed E-state index contributed by atoms with van der Waals surface area (Å²) in [5.41, 5.74) is 6.13. The second-order valence-electron chi connectivity index (χ2n) is 2.16. The Hall–Kier alpha value is -0.860. The molecule has 0 heterocycles. The van der Waals surface area contributed by atoms with E-state index in [0.717, 1.165) is 5.56 Å². The van der Waals surface area contributed by atoms with Crippen LogP contribution in [0.15, 0.2) is 30.3 Å². The highest BCUT2D eigenvalue weighted by atomic mass is 16.3. The number of rotatable bonds is 2. The van der Waals surface area contributed by atoms with Gasteiger partial charge in [0, 0.05) is 6.54 Å². The van der Waals surface area contributed by atoms with E-state index in [1.807, 2.05) is 30.3 Å². The molecular formula is C9H15NO. The molecule has 0 spiro atoms. The highest BCUT2D eigenvalue weighted by Crippen LogP contribution is 2.08. The molecule has 1 atom stereocenters. The van der Waals surface area contributed by atoms with Gasteiger partial charge in [0.25, 0.3) is 0 Å². The maximum atomic E-state index is 9.20. The molecule has 0 amide bonds. The Balaban J connectivity index is 0.000001000. The van der Waals surface area contributed by atoms with Crippen LogP contribution < -0.4 is 5.73 Å². The van der Waals surface area contributed by atoms with Crippen LogP contribution in [-0.2, 0) is 0 Å². The quantitative estimate of drug-likeness (QED) is 0.673. The predicted octanol–water partition coefficient (Wildman–Crippen LogP) is 1.31. The van der Waals surface area contributed by atoms with E-state index >= 15 is 0 Å². The summed E-state index contributed by atoms with van der Waals surface area (Å²) in [7, 11) is 0. The van der Waals surface area contributed by atoms with Crippen molar-refractivity contribution < 1.29 is 5.11 Å². The third kappa shape index (κ3) is 2.70. The zero-order valence-electron chi connectivity index (χ0n) is 5.70. The standard InChI is InChI=1S/C8H11NO.CH4/c9-6-8(10)7-4-2-1-3-5-7;/h1-5,8,10H,6,9H2;1H4/t8-;/m1./s1. The van der Waals surface area contributed by atoms with Crippen molar-refractivity contribution in [1.29, 1.82) is 0 Å². The van der Waals surface area contributed by atoms with Crippen LogP contribution in [0.2, 0.25) is 0 Å². The molecule has 1 aromatic rings. The lowest BCUT2D eigenvalue weighted by Gasteiger charge is -2.05. The first-order chi connectivity index (χ1) is 4.84. The van der Waals surface area contributed by atoms with Gasteiger partial charge >= 0.3 is 0 Å². The van der Waals surface area contributed by atoms with E-state index in [4.69, 9.17) is 5.73 Å². The SMILES string of the molecule is C.NC[C@@H](O)c1ccccc1. The number of nitrogens with two attached hydrogens (primary N) is 1. The molecular weight excluding hydrogens is 138 g/mol. The minimum atomic E-state index is -0.513. The second kappa shape index (κ2) is 4.88. The molecule has 1 aromatic carbocycles. The maximum absolute atomic E-state index is 9.20. The molecule has 0 aliphatic heterocycles. The number of aliphatic hydroxyl groups excluding tert-OH is 1. The fourth-order valence-corrected chi connectivity index (χ4v) is 0.811. The van der Waals surface area contributed by atoms with Crippen LogP contribution in [0.4, 0.5) is 0 Å². The van der Waals surface area contributed by atoms with Gasteiger partial charge in [0.1, 0.15) is 0 Å². The average molecular weight is 153 g/mol. The van der Waals surface area contributed by atoms with Crippen LogP contribution >= 0.6 is 0 Å². The van der Waals surface area contributed by atoms with Crippen LogP contribution in [0.5, 0.6) is 0 Å². The third-order valence-electron chi connectivity index (χ3n) is 1.41. The largest absolute Gasteiger partial charge is 0.387 e. The Morgan fingerprint density at radius 1 is 1.27 bits per heavy atom. The van der Waals surface area contributed by atoms with E-state index in [9.17, 15) is 5.11 Å². The molecule has 0 aromatic heterocycles. The van der Waals surface area contributed by atoms with Crippen LogP contribution in [0.1, 0.15) is 19.1 Å². The van der Waals surface area contributed by atoms with Crippen molar-refractivity contribution in [2.45, 2.75) is 13.5 Å². The minimum Gasteiger partial charge on any atom is -0.387 e. The normalized spacial score (nSPS) is 11.8. The number of benzene rings is 1. The van der Waals surface area contributed by atoms with Gasteiger partial charge < -0.3 is 10.8 Å². The van der Waals surface area contributed by atoms with Crippen molar-refractivity contribution in [3.8, 4) is 0 Å². The highest BCUT2D eigenvalue weighted by Gasteiger charge is 2.01. The minimum absolute atomic E-state index is 0. The fraction of sp³-hybridized carbons (Fsp3) is 0.333. The van der Waals surface area contributed by atoms with E-state index in [0.29, 0.717) is 0 Å². The average Bonchev–Trinajstić information content (AvgIpc) is 2.05. The Morgan fingerprint density at radius 2 is 1.82 bits per heavy atom. The second-order valence-corrected chi connectivity index (χ2v) is 2.16. The van der Waals surface area contributed by atoms with E-state index < -0.39 is 6.10 Å². The van der Waals surface area contributed by atoms with Crippen molar-refractivity contribution in [3.05, 3.63) is 35.9 Å². The van der Waals surface area contributed by atoms with Gasteiger partial charge in [-0.1, -0.05) is 37.8 Å². The van der Waals surface area contributed by atoms with E-state index in [-0.39, 0.29) is 14.0 Å². The lowest BCUT2D eigenvalue weighted by atomic mass is 10.1. The zero-order valence-corrected chi connectivity index (χ0v) is 5.70. The smallest absolute Gasteiger partial charge is 0.0912 e. The predicted molar refractivity (Wildman–Crippen MR) is 47.2 cm³/mol. The molecule has 0 fully saturated rings. The molecule has 2 heteroatoms. The number of aliphatic hydroxyl groups is 1. The molecule has 11 heavy (non-hydrogen) atoms. The summed E-state index contributed by atoms with van der Waals surface area (Å²) in [6, 6.07) is 9.39. The molecule has 0 saturated heterocycles. The number of hydrogen-bond donors (Lipinski definition) is 2. The van der Waals surface area contributed by atoms with Gasteiger partial charge in [0.2, 0.25) is 0 Å². The maximum Gasteiger partial charge on any atom is 0.0912 e. The Labute approximate surface area is 67.7 Å². The van der Waals surface area contributed by atoms with Crippen LogP contribution in [0.3, 0.4) is 0 Å². The first kappa shape index (κ1) is 10.1. The van der Waals surface area contributed by atoms with Gasteiger partial charge in [-0.05, 0) is 5.56 Å². The van der Waals surface area contributed by atoms with Crippen molar-refractivity contribution in [2.75, 3.05) is 6.54 Å². The van der Waals surface area contributed by atoms with Crippen LogP contribution in [0, 0.1) is 0 Å². The summed E-state index contributed by atoms with van der Waals surface area (Å²) in [6.07, 6.45) is -0.513. The molecule has 0 radical (unpaired) electrons. The van der Waals surface area contributed by atoms with E-state index in [1.54, 1.807) is 0 Å².